The Morgan fingerprint density at radius 1 is 0.697 bits per heavy atom. The monoisotopic (exact) mass is 456 g/mol. The summed E-state index contributed by atoms with van der Waals surface area (Å²) in [6.45, 7) is 1.89. The van der Waals surface area contributed by atoms with E-state index in [1.165, 1.54) is 0 Å². The summed E-state index contributed by atoms with van der Waals surface area (Å²) in [7, 11) is 0. The average Bonchev–Trinajstić information content (AvgIpc) is 2.72. The van der Waals surface area contributed by atoms with E-state index >= 15 is 0 Å². The molecule has 0 aliphatic carbocycles. The number of hydrogen-bond donors (Lipinski definition) is 0. The Kier molecular flexibility index (Phi) is 5.77. The molecule has 0 N–H and O–H groups in total. The lowest BCUT2D eigenvalue weighted by Crippen LogP contribution is -2.25. The van der Waals surface area contributed by atoms with E-state index in [2.05, 4.69) is 16.6 Å². The van der Waals surface area contributed by atoms with E-state index in [1.807, 2.05) is 19.1 Å². The van der Waals surface area contributed by atoms with Gasteiger partial charge in [-0.1, -0.05) is 29.5 Å². The van der Waals surface area contributed by atoms with Gasteiger partial charge in [0, 0.05) is 22.6 Å². The zero-order valence-electron chi connectivity index (χ0n) is 17.0. The highest BCUT2D eigenvalue weighted by Gasteiger charge is 2.41. The minimum Gasteiger partial charge on any atom is -0.429 e. The zero-order valence-corrected chi connectivity index (χ0v) is 17.0. The first kappa shape index (κ1) is 22.3. The maximum Gasteiger partial charge on any atom is 0.432 e. The van der Waals surface area contributed by atoms with Gasteiger partial charge in [-0.3, -0.25) is 0 Å². The Bertz CT molecular complexity index is 1390. The maximum absolute atomic E-state index is 14.7. The van der Waals surface area contributed by atoms with E-state index in [0.717, 1.165) is 29.8 Å². The number of fused-ring (bicyclic) bond motifs is 1. The molecule has 0 atom stereocenters. The van der Waals surface area contributed by atoms with Gasteiger partial charge in [-0.15, -0.1) is 0 Å². The van der Waals surface area contributed by atoms with Crippen molar-refractivity contribution in [3.05, 3.63) is 112 Å². The number of hydrogen-bond acceptors (Lipinski definition) is 1. The third-order valence-electron chi connectivity index (χ3n) is 4.82. The highest BCUT2D eigenvalue weighted by molar-refractivity contribution is 5.84. The molecule has 0 fully saturated rings. The first-order valence-corrected chi connectivity index (χ1v) is 9.66. The van der Waals surface area contributed by atoms with Gasteiger partial charge in [0.1, 0.15) is 34.6 Å². The molecule has 0 unspecified atom stereocenters. The fraction of sp³-hybridized carbons (Fsp3) is 0.0769. The summed E-state index contributed by atoms with van der Waals surface area (Å²) in [5.41, 5.74) is -0.148. The molecule has 7 heteroatoms. The van der Waals surface area contributed by atoms with Crippen molar-refractivity contribution in [2.24, 2.45) is 0 Å². The van der Waals surface area contributed by atoms with Crippen molar-refractivity contribution in [3.63, 3.8) is 0 Å². The lowest BCUT2D eigenvalue weighted by Gasteiger charge is -2.20. The largest absolute Gasteiger partial charge is 0.432 e. The number of ether oxygens (including phenoxy) is 1. The van der Waals surface area contributed by atoms with Crippen LogP contribution in [0.3, 0.4) is 0 Å². The van der Waals surface area contributed by atoms with Crippen molar-refractivity contribution in [2.75, 3.05) is 0 Å². The predicted molar refractivity (Wildman–Crippen MR) is 112 cm³/mol. The smallest absolute Gasteiger partial charge is 0.429 e. The fourth-order valence-corrected chi connectivity index (χ4v) is 3.23. The first-order valence-electron chi connectivity index (χ1n) is 9.66. The van der Waals surface area contributed by atoms with Crippen LogP contribution < -0.4 is 4.74 Å². The van der Waals surface area contributed by atoms with E-state index in [-0.39, 0.29) is 16.3 Å². The van der Waals surface area contributed by atoms with Crippen molar-refractivity contribution in [3.8, 4) is 17.6 Å². The summed E-state index contributed by atoms with van der Waals surface area (Å²) < 4.78 is 90.0. The van der Waals surface area contributed by atoms with Gasteiger partial charge in [0.2, 0.25) is 0 Å². The van der Waals surface area contributed by atoms with Gasteiger partial charge >= 0.3 is 6.11 Å². The molecule has 0 aliphatic rings. The average molecular weight is 456 g/mol. The molecule has 0 aromatic heterocycles. The topological polar surface area (TPSA) is 9.23 Å². The summed E-state index contributed by atoms with van der Waals surface area (Å²) in [5.74, 6) is -0.190. The Morgan fingerprint density at radius 3 is 2.00 bits per heavy atom. The molecule has 4 aromatic rings. The minimum atomic E-state index is -4.41. The molecule has 0 radical (unpaired) electrons. The molecule has 0 bridgehead atoms. The molecule has 0 aliphatic heterocycles. The number of alkyl halides is 2. The Morgan fingerprint density at radius 2 is 1.33 bits per heavy atom. The van der Waals surface area contributed by atoms with Crippen LogP contribution in [0.4, 0.5) is 26.3 Å². The highest BCUT2D eigenvalue weighted by atomic mass is 19.3. The van der Waals surface area contributed by atoms with E-state index in [0.29, 0.717) is 23.8 Å². The summed E-state index contributed by atoms with van der Waals surface area (Å²) in [6.07, 6.45) is -4.41. The van der Waals surface area contributed by atoms with E-state index in [1.54, 1.807) is 12.1 Å². The van der Waals surface area contributed by atoms with Crippen LogP contribution in [0.25, 0.3) is 10.8 Å². The zero-order chi connectivity index (χ0) is 23.8. The summed E-state index contributed by atoms with van der Waals surface area (Å²) in [6, 6.07) is 13.0. The molecule has 0 amide bonds. The van der Waals surface area contributed by atoms with Gasteiger partial charge in [0.05, 0.1) is 0 Å². The van der Waals surface area contributed by atoms with Gasteiger partial charge in [-0.05, 0) is 60.8 Å². The lowest BCUT2D eigenvalue weighted by atomic mass is 10.1. The normalized spacial score (nSPS) is 11.2. The SMILES string of the molecule is Cc1ccc(C#Cc2cc(F)c(C(F)(F)Oc3ccc4c(F)cc(F)cc4c3)c(F)c2)cc1. The van der Waals surface area contributed by atoms with Crippen LogP contribution >= 0.6 is 0 Å². The maximum atomic E-state index is 14.7. The summed E-state index contributed by atoms with van der Waals surface area (Å²) in [4.78, 5) is 0. The van der Waals surface area contributed by atoms with Crippen LogP contribution in [-0.4, -0.2) is 0 Å². The molecule has 0 saturated carbocycles. The molecule has 4 rings (SSSR count). The van der Waals surface area contributed by atoms with E-state index in [9.17, 15) is 26.3 Å². The third kappa shape index (κ3) is 4.80. The first-order chi connectivity index (χ1) is 15.6. The van der Waals surface area contributed by atoms with Gasteiger partial charge in [0.15, 0.2) is 0 Å². The Labute approximate surface area is 185 Å². The van der Waals surface area contributed by atoms with E-state index < -0.39 is 40.7 Å². The predicted octanol–water partition coefficient (Wildman–Crippen LogP) is 7.23. The number of rotatable bonds is 3. The molecular formula is C26H14F6O. The summed E-state index contributed by atoms with van der Waals surface area (Å²) >= 11 is 0. The van der Waals surface area contributed by atoms with E-state index in [4.69, 9.17) is 0 Å². The third-order valence-corrected chi connectivity index (χ3v) is 4.82. The molecule has 4 aromatic carbocycles. The lowest BCUT2D eigenvalue weighted by molar-refractivity contribution is -0.189. The molecule has 1 nitrogen and oxygen atoms in total. The Hall–Kier alpha value is -3.92. The minimum absolute atomic E-state index is 0.0269. The van der Waals surface area contributed by atoms with Crippen molar-refractivity contribution < 1.29 is 31.1 Å². The molecule has 33 heavy (non-hydrogen) atoms. The second-order valence-electron chi connectivity index (χ2n) is 7.32. The van der Waals surface area contributed by atoms with Gasteiger partial charge in [-0.2, -0.15) is 8.78 Å². The molecule has 166 valence electrons. The van der Waals surface area contributed by atoms with Crippen LogP contribution in [0.1, 0.15) is 22.3 Å². The fourth-order valence-electron chi connectivity index (χ4n) is 3.23. The Balaban J connectivity index is 1.64. The van der Waals surface area contributed by atoms with Crippen molar-refractivity contribution >= 4 is 10.8 Å². The molecular weight excluding hydrogens is 442 g/mol. The second-order valence-corrected chi connectivity index (χ2v) is 7.32. The quantitative estimate of drug-likeness (QED) is 0.233. The van der Waals surface area contributed by atoms with Crippen LogP contribution in [0.15, 0.2) is 66.7 Å². The van der Waals surface area contributed by atoms with Crippen LogP contribution in [-0.2, 0) is 6.11 Å². The van der Waals surface area contributed by atoms with Crippen molar-refractivity contribution in [1.29, 1.82) is 0 Å². The molecule has 0 spiro atoms. The number of benzene rings is 4. The van der Waals surface area contributed by atoms with Crippen LogP contribution in [0, 0.1) is 42.0 Å². The standard InChI is InChI=1S/C26H14F6O/c1-15-2-4-16(5-3-15)6-7-17-10-23(29)25(24(30)11-17)26(31,32)33-20-8-9-21-18(13-20)12-19(27)14-22(21)28/h2-5,8-14H,1H3. The van der Waals surface area contributed by atoms with Gasteiger partial charge in [-0.25, -0.2) is 17.6 Å². The van der Waals surface area contributed by atoms with Gasteiger partial charge < -0.3 is 4.74 Å². The van der Waals surface area contributed by atoms with Crippen LogP contribution in [0.2, 0.25) is 0 Å². The second kappa shape index (κ2) is 8.55. The molecule has 0 heterocycles. The van der Waals surface area contributed by atoms with Crippen molar-refractivity contribution in [2.45, 2.75) is 13.0 Å². The number of aryl methyl sites for hydroxylation is 1. The summed E-state index contributed by atoms with van der Waals surface area (Å²) in [5, 5.41) is -0.0793. The van der Waals surface area contributed by atoms with Crippen molar-refractivity contribution in [1.82, 2.24) is 0 Å². The van der Waals surface area contributed by atoms with Crippen LogP contribution in [0.5, 0.6) is 5.75 Å². The number of halogens is 6. The highest BCUT2D eigenvalue weighted by Crippen LogP contribution is 2.36. The van der Waals surface area contributed by atoms with Gasteiger partial charge in [0.25, 0.3) is 0 Å². The molecule has 0 saturated heterocycles.